The maximum Gasteiger partial charge on any atom is 0.335 e. The fourth-order valence-corrected chi connectivity index (χ4v) is 3.38. The predicted molar refractivity (Wildman–Crippen MR) is 106 cm³/mol. The number of hydrogen-bond acceptors (Lipinski definition) is 5. The molecule has 4 N–H and O–H groups in total. The van der Waals surface area contributed by atoms with Crippen molar-refractivity contribution in [2.24, 2.45) is 5.73 Å². The van der Waals surface area contributed by atoms with Gasteiger partial charge in [-0.25, -0.2) is 4.79 Å². The lowest BCUT2D eigenvalue weighted by Gasteiger charge is -2.32. The monoisotopic (exact) mass is 376 g/mol. The summed E-state index contributed by atoms with van der Waals surface area (Å²) in [6.45, 7) is 5.57. The second kappa shape index (κ2) is 8.74. The van der Waals surface area contributed by atoms with Crippen LogP contribution in [0.3, 0.4) is 0 Å². The topological polar surface area (TPSA) is 102 Å². The quantitative estimate of drug-likeness (QED) is 0.688. The zero-order valence-corrected chi connectivity index (χ0v) is 16.6. The number of hydrogen-bond donors (Lipinski definition) is 3. The number of carboxylic acid groups (broad SMARTS) is 1. The smallest absolute Gasteiger partial charge is 0.335 e. The minimum absolute atomic E-state index is 0.184. The van der Waals surface area contributed by atoms with Crippen molar-refractivity contribution in [3.05, 3.63) is 29.8 Å². The first-order chi connectivity index (χ1) is 12.6. The van der Waals surface area contributed by atoms with Crippen molar-refractivity contribution in [3.8, 4) is 0 Å². The van der Waals surface area contributed by atoms with E-state index in [1.807, 2.05) is 20.8 Å². The second-order valence-corrected chi connectivity index (χ2v) is 8.52. The minimum atomic E-state index is -0.954. The summed E-state index contributed by atoms with van der Waals surface area (Å²) in [5, 5.41) is 12.5. The lowest BCUT2D eigenvalue weighted by Crippen LogP contribution is -2.51. The summed E-state index contributed by atoms with van der Waals surface area (Å²) in [7, 11) is 0. The Bertz CT molecular complexity index is 651. The molecule has 150 valence electrons. The number of esters is 1. The third kappa shape index (κ3) is 6.54. The molecule has 6 heteroatoms. The average Bonchev–Trinajstić information content (AvgIpc) is 2.66. The summed E-state index contributed by atoms with van der Waals surface area (Å²) in [6.07, 6.45) is 5.96. The molecule has 0 aliphatic heterocycles. The number of nitrogens with two attached hydrogens (primary N) is 1. The molecule has 1 aliphatic carbocycles. The first kappa shape index (κ1) is 21.2. The molecular weight excluding hydrogens is 344 g/mol. The highest BCUT2D eigenvalue weighted by atomic mass is 16.6. The van der Waals surface area contributed by atoms with Crippen LogP contribution in [0.5, 0.6) is 0 Å². The Morgan fingerprint density at radius 3 is 2.37 bits per heavy atom. The van der Waals surface area contributed by atoms with Crippen molar-refractivity contribution in [2.45, 2.75) is 82.9 Å². The highest BCUT2D eigenvalue weighted by Gasteiger charge is 2.38. The summed E-state index contributed by atoms with van der Waals surface area (Å²) in [6, 6.07) is 6.92. The van der Waals surface area contributed by atoms with E-state index in [9.17, 15) is 9.59 Å². The summed E-state index contributed by atoms with van der Waals surface area (Å²) in [5.74, 6) is -1.25. The van der Waals surface area contributed by atoms with Crippen LogP contribution in [0.15, 0.2) is 24.3 Å². The molecule has 0 bridgehead atoms. The number of anilines is 1. The Kier molecular flexibility index (Phi) is 6.87. The number of carbonyl (C=O) groups is 2. The molecule has 2 atom stereocenters. The normalized spacial score (nSPS) is 24.2. The van der Waals surface area contributed by atoms with Gasteiger partial charge in [0.05, 0.1) is 5.56 Å². The van der Waals surface area contributed by atoms with E-state index in [1.54, 1.807) is 24.3 Å². The number of rotatable bonds is 4. The van der Waals surface area contributed by atoms with Gasteiger partial charge in [-0.15, -0.1) is 0 Å². The Morgan fingerprint density at radius 2 is 1.78 bits per heavy atom. The summed E-state index contributed by atoms with van der Waals surface area (Å²) >= 11 is 0. The highest BCUT2D eigenvalue weighted by molar-refractivity contribution is 5.88. The van der Waals surface area contributed by atoms with Crippen LogP contribution in [0, 0.1) is 0 Å². The van der Waals surface area contributed by atoms with E-state index in [1.165, 1.54) is 0 Å². The van der Waals surface area contributed by atoms with Gasteiger partial charge >= 0.3 is 11.9 Å². The van der Waals surface area contributed by atoms with Gasteiger partial charge < -0.3 is 20.9 Å². The minimum Gasteiger partial charge on any atom is -0.478 e. The Hall–Kier alpha value is -2.08. The number of carbonyl (C=O) groups excluding carboxylic acids is 1. The number of nitrogens with one attached hydrogen (secondary N) is 1. The van der Waals surface area contributed by atoms with Crippen LogP contribution < -0.4 is 11.1 Å². The standard InChI is InChI=1S/C21H32N2O4/c1-20(2,3)27-19(26)21(22)13-6-4-5-7-16(12-14-21)23-17-10-8-15(9-11-17)18(24)25/h8-11,16,23H,4-7,12-14,22H2,1-3H3,(H,24,25). The molecule has 1 saturated carbocycles. The van der Waals surface area contributed by atoms with Crippen LogP contribution in [-0.4, -0.2) is 34.2 Å². The first-order valence-electron chi connectivity index (χ1n) is 9.71. The first-order valence-corrected chi connectivity index (χ1v) is 9.71. The molecular formula is C21H32N2O4. The van der Waals surface area contributed by atoms with Crippen LogP contribution in [0.1, 0.15) is 76.1 Å². The van der Waals surface area contributed by atoms with E-state index in [0.29, 0.717) is 12.8 Å². The number of benzene rings is 1. The van der Waals surface area contributed by atoms with Crippen molar-refractivity contribution in [1.29, 1.82) is 0 Å². The molecule has 0 spiro atoms. The van der Waals surface area contributed by atoms with Gasteiger partial charge in [0.15, 0.2) is 0 Å². The zero-order valence-electron chi connectivity index (χ0n) is 16.6. The molecule has 0 radical (unpaired) electrons. The summed E-state index contributed by atoms with van der Waals surface area (Å²) < 4.78 is 5.57. The number of carboxylic acids is 1. The van der Waals surface area contributed by atoms with E-state index >= 15 is 0 Å². The van der Waals surface area contributed by atoms with Crippen molar-refractivity contribution in [1.82, 2.24) is 0 Å². The fraction of sp³-hybridized carbons (Fsp3) is 0.619. The van der Waals surface area contributed by atoms with Gasteiger partial charge in [0, 0.05) is 11.7 Å². The van der Waals surface area contributed by atoms with Gasteiger partial charge in [0.2, 0.25) is 0 Å². The molecule has 1 aromatic rings. The molecule has 1 aromatic carbocycles. The maximum atomic E-state index is 12.7. The lowest BCUT2D eigenvalue weighted by atomic mass is 9.88. The van der Waals surface area contributed by atoms with E-state index < -0.39 is 17.1 Å². The third-order valence-corrected chi connectivity index (χ3v) is 4.92. The number of aromatic carboxylic acids is 1. The van der Waals surface area contributed by atoms with Crippen molar-refractivity contribution >= 4 is 17.6 Å². The SMILES string of the molecule is CC(C)(C)OC(=O)C1(N)CCCCCC(Nc2ccc(C(=O)O)cc2)CC1. The van der Waals surface area contributed by atoms with E-state index in [2.05, 4.69) is 5.32 Å². The van der Waals surface area contributed by atoms with Gasteiger partial charge in [0.25, 0.3) is 0 Å². The van der Waals surface area contributed by atoms with E-state index in [0.717, 1.165) is 37.8 Å². The van der Waals surface area contributed by atoms with Gasteiger partial charge in [-0.3, -0.25) is 4.79 Å². The highest BCUT2D eigenvalue weighted by Crippen LogP contribution is 2.28. The van der Waals surface area contributed by atoms with Crippen molar-refractivity contribution in [2.75, 3.05) is 5.32 Å². The van der Waals surface area contributed by atoms with Gasteiger partial charge in [-0.2, -0.15) is 0 Å². The molecule has 0 aromatic heterocycles. The number of ether oxygens (including phenoxy) is 1. The zero-order chi connectivity index (χ0) is 20.1. The largest absolute Gasteiger partial charge is 0.478 e. The van der Waals surface area contributed by atoms with Crippen LogP contribution in [0.25, 0.3) is 0 Å². The van der Waals surface area contributed by atoms with Crippen LogP contribution in [0.2, 0.25) is 0 Å². The third-order valence-electron chi connectivity index (χ3n) is 4.92. The molecule has 6 nitrogen and oxygen atoms in total. The lowest BCUT2D eigenvalue weighted by molar-refractivity contribution is -0.162. The van der Waals surface area contributed by atoms with Crippen LogP contribution in [-0.2, 0) is 9.53 Å². The molecule has 1 fully saturated rings. The van der Waals surface area contributed by atoms with Gasteiger partial charge in [0.1, 0.15) is 11.1 Å². The Morgan fingerprint density at radius 1 is 1.11 bits per heavy atom. The molecule has 0 heterocycles. The van der Waals surface area contributed by atoms with Gasteiger partial charge in [-0.05, 0) is 70.7 Å². The maximum absolute atomic E-state index is 12.7. The Balaban J connectivity index is 2.04. The van der Waals surface area contributed by atoms with Crippen molar-refractivity contribution < 1.29 is 19.4 Å². The van der Waals surface area contributed by atoms with Crippen molar-refractivity contribution in [3.63, 3.8) is 0 Å². The Labute approximate surface area is 161 Å². The molecule has 2 rings (SSSR count). The van der Waals surface area contributed by atoms with Gasteiger partial charge in [-0.1, -0.05) is 19.3 Å². The average molecular weight is 376 g/mol. The molecule has 27 heavy (non-hydrogen) atoms. The molecule has 2 unspecified atom stereocenters. The predicted octanol–water partition coefficient (Wildman–Crippen LogP) is 3.95. The second-order valence-electron chi connectivity index (χ2n) is 8.52. The molecule has 0 amide bonds. The summed E-state index contributed by atoms with van der Waals surface area (Å²) in [4.78, 5) is 23.6. The molecule has 0 saturated heterocycles. The van der Waals surface area contributed by atoms with Crippen LogP contribution in [0.4, 0.5) is 5.69 Å². The fourth-order valence-electron chi connectivity index (χ4n) is 3.38. The van der Waals surface area contributed by atoms with Crippen LogP contribution >= 0.6 is 0 Å². The van der Waals surface area contributed by atoms with E-state index in [-0.39, 0.29) is 17.6 Å². The molecule has 1 aliphatic rings. The van der Waals surface area contributed by atoms with E-state index in [4.69, 9.17) is 15.6 Å². The summed E-state index contributed by atoms with van der Waals surface area (Å²) in [5.41, 5.74) is 6.13.